The van der Waals surface area contributed by atoms with Crippen LogP contribution < -0.4 is 0 Å². The molecule has 4 atom stereocenters. The summed E-state index contributed by atoms with van der Waals surface area (Å²) in [6.07, 6.45) is -5.13. The summed E-state index contributed by atoms with van der Waals surface area (Å²) in [5.41, 5.74) is 0. The normalized spacial score (nSPS) is 16.2. The van der Waals surface area contributed by atoms with E-state index in [1.54, 1.807) is 0 Å². The van der Waals surface area contributed by atoms with Crippen LogP contribution in [0.5, 0.6) is 0 Å². The van der Waals surface area contributed by atoms with Gasteiger partial charge < -0.3 is 24.4 Å². The van der Waals surface area contributed by atoms with Crippen LogP contribution in [0.3, 0.4) is 0 Å². The van der Waals surface area contributed by atoms with Gasteiger partial charge in [0.1, 0.15) is 0 Å². The van der Waals surface area contributed by atoms with E-state index in [1.165, 1.54) is 27.7 Å². The van der Waals surface area contributed by atoms with E-state index in [2.05, 4.69) is 9.47 Å². The van der Waals surface area contributed by atoms with Gasteiger partial charge in [0, 0.05) is 0 Å². The molecule has 0 aliphatic heterocycles. The highest BCUT2D eigenvalue weighted by molar-refractivity contribution is 5.81. The Hall–Kier alpha value is -2.16. The van der Waals surface area contributed by atoms with Crippen molar-refractivity contribution in [3.05, 3.63) is 0 Å². The highest BCUT2D eigenvalue weighted by Gasteiger charge is 2.28. The van der Waals surface area contributed by atoms with Crippen LogP contribution in [-0.2, 0) is 33.4 Å². The molecule has 0 rings (SSSR count). The van der Waals surface area contributed by atoms with Crippen LogP contribution in [0.15, 0.2) is 0 Å². The fourth-order valence-electron chi connectivity index (χ4n) is 1.06. The fourth-order valence-corrected chi connectivity index (χ4v) is 1.06. The fraction of sp³-hybridized carbons (Fsp3) is 0.667. The van der Waals surface area contributed by atoms with E-state index in [-0.39, 0.29) is 0 Å². The number of rotatable bonds is 8. The smallest absolute Gasteiger partial charge is 0.344 e. The summed E-state index contributed by atoms with van der Waals surface area (Å²) in [6, 6.07) is 0. The van der Waals surface area contributed by atoms with Crippen molar-refractivity contribution in [2.24, 2.45) is 0 Å². The molecule has 0 fully saturated rings. The van der Waals surface area contributed by atoms with Crippen LogP contribution in [0.2, 0.25) is 0 Å². The first-order chi connectivity index (χ1) is 9.56. The summed E-state index contributed by atoms with van der Waals surface area (Å²) in [7, 11) is 0. The lowest BCUT2D eigenvalue weighted by molar-refractivity contribution is -0.181. The van der Waals surface area contributed by atoms with E-state index in [0.717, 1.165) is 0 Å². The predicted molar refractivity (Wildman–Crippen MR) is 66.4 cm³/mol. The molecule has 0 aromatic heterocycles. The molecule has 0 aliphatic carbocycles. The average Bonchev–Trinajstić information content (AvgIpc) is 2.37. The Bertz CT molecular complexity index is 379. The third-order valence-corrected chi connectivity index (χ3v) is 2.35. The largest absolute Gasteiger partial charge is 0.479 e. The van der Waals surface area contributed by atoms with Crippen LogP contribution >= 0.6 is 0 Å². The lowest BCUT2D eigenvalue weighted by Gasteiger charge is -2.19. The monoisotopic (exact) mass is 306 g/mol. The molecule has 0 saturated heterocycles. The first-order valence-corrected chi connectivity index (χ1v) is 6.08. The summed E-state index contributed by atoms with van der Waals surface area (Å²) in [4.78, 5) is 44.0. The lowest BCUT2D eigenvalue weighted by Crippen LogP contribution is -2.37. The molecular weight excluding hydrogens is 288 g/mol. The number of esters is 2. The van der Waals surface area contributed by atoms with Crippen LogP contribution in [0, 0.1) is 0 Å². The van der Waals surface area contributed by atoms with E-state index in [9.17, 15) is 19.2 Å². The average molecular weight is 306 g/mol. The molecule has 0 unspecified atom stereocenters. The molecule has 21 heavy (non-hydrogen) atoms. The quantitative estimate of drug-likeness (QED) is 0.584. The Morgan fingerprint density at radius 2 is 0.952 bits per heavy atom. The van der Waals surface area contributed by atoms with Gasteiger partial charge in [-0.05, 0) is 27.7 Å². The standard InChI is InChI=1S/C12H18O9/c1-5(9(13)14)20-11(17)7(3)19-8(4)12(18)21-6(2)10(15)16/h5-8H,1-4H3,(H,13,14)(H,15,16)/t5-,6-,7-,8-/m0/s1. The number of carbonyl (C=O) groups is 4. The van der Waals surface area contributed by atoms with Crippen molar-refractivity contribution in [3.8, 4) is 0 Å². The second kappa shape index (κ2) is 8.20. The maximum atomic E-state index is 11.5. The molecule has 0 spiro atoms. The van der Waals surface area contributed by atoms with Gasteiger partial charge in [-0.2, -0.15) is 0 Å². The molecule has 0 heterocycles. The number of ether oxygens (including phenoxy) is 3. The molecular formula is C12H18O9. The summed E-state index contributed by atoms with van der Waals surface area (Å²) in [5, 5.41) is 17.2. The third kappa shape index (κ3) is 6.70. The van der Waals surface area contributed by atoms with Crippen LogP contribution in [0.25, 0.3) is 0 Å². The van der Waals surface area contributed by atoms with E-state index in [0.29, 0.717) is 0 Å². The molecule has 2 N–H and O–H groups in total. The van der Waals surface area contributed by atoms with Crippen molar-refractivity contribution < 1.29 is 43.6 Å². The molecule has 0 aliphatic rings. The van der Waals surface area contributed by atoms with Crippen LogP contribution in [-0.4, -0.2) is 58.5 Å². The molecule has 0 aromatic rings. The minimum absolute atomic E-state index is 0.962. The molecule has 120 valence electrons. The molecule has 0 radical (unpaired) electrons. The Morgan fingerprint density at radius 3 is 1.19 bits per heavy atom. The summed E-state index contributed by atoms with van der Waals surface area (Å²) >= 11 is 0. The number of carbonyl (C=O) groups excluding carboxylic acids is 2. The van der Waals surface area contributed by atoms with E-state index >= 15 is 0 Å². The van der Waals surface area contributed by atoms with Gasteiger partial charge in [0.25, 0.3) is 0 Å². The first kappa shape index (κ1) is 18.8. The minimum atomic E-state index is -1.35. The topological polar surface area (TPSA) is 136 Å². The van der Waals surface area contributed by atoms with Gasteiger partial charge in [-0.15, -0.1) is 0 Å². The Balaban J connectivity index is 4.39. The number of aliphatic carboxylic acids is 2. The molecule has 9 nitrogen and oxygen atoms in total. The molecule has 0 aromatic carbocycles. The third-order valence-electron chi connectivity index (χ3n) is 2.35. The summed E-state index contributed by atoms with van der Waals surface area (Å²) in [6.45, 7) is 4.86. The van der Waals surface area contributed by atoms with Crippen molar-refractivity contribution in [3.63, 3.8) is 0 Å². The zero-order valence-corrected chi connectivity index (χ0v) is 12.1. The Kier molecular flexibility index (Phi) is 7.36. The minimum Gasteiger partial charge on any atom is -0.479 e. The number of carboxylic acids is 2. The SMILES string of the molecule is C[C@H](OC(=O)[C@H](C)O[C@@H](C)C(=O)O[C@@H](C)C(=O)O)C(=O)O. The maximum Gasteiger partial charge on any atom is 0.344 e. The van der Waals surface area contributed by atoms with Crippen molar-refractivity contribution in [1.82, 2.24) is 0 Å². The predicted octanol–water partition coefficient (Wildman–Crippen LogP) is -0.187. The van der Waals surface area contributed by atoms with Gasteiger partial charge >= 0.3 is 23.9 Å². The Labute approximate surface area is 120 Å². The van der Waals surface area contributed by atoms with E-state index in [1.807, 2.05) is 0 Å². The highest BCUT2D eigenvalue weighted by atomic mass is 16.6. The van der Waals surface area contributed by atoms with Gasteiger partial charge in [0.15, 0.2) is 24.4 Å². The zero-order chi connectivity index (χ0) is 16.7. The zero-order valence-electron chi connectivity index (χ0n) is 12.1. The van der Waals surface area contributed by atoms with Crippen molar-refractivity contribution in [2.75, 3.05) is 0 Å². The summed E-state index contributed by atoms with van der Waals surface area (Å²) < 4.78 is 14.1. The van der Waals surface area contributed by atoms with Crippen molar-refractivity contribution in [2.45, 2.75) is 52.1 Å². The number of carboxylic acid groups (broad SMARTS) is 2. The molecule has 0 amide bonds. The van der Waals surface area contributed by atoms with E-state index < -0.39 is 48.3 Å². The second-order valence-corrected chi connectivity index (χ2v) is 4.26. The van der Waals surface area contributed by atoms with Gasteiger partial charge in [0.05, 0.1) is 0 Å². The second-order valence-electron chi connectivity index (χ2n) is 4.26. The van der Waals surface area contributed by atoms with Gasteiger partial charge in [-0.3, -0.25) is 0 Å². The number of hydrogen-bond donors (Lipinski definition) is 2. The van der Waals surface area contributed by atoms with Crippen LogP contribution in [0.4, 0.5) is 0 Å². The lowest BCUT2D eigenvalue weighted by atomic mass is 10.3. The van der Waals surface area contributed by atoms with Crippen LogP contribution in [0.1, 0.15) is 27.7 Å². The molecule has 9 heteroatoms. The molecule has 0 bridgehead atoms. The molecule has 0 saturated carbocycles. The maximum absolute atomic E-state index is 11.5. The van der Waals surface area contributed by atoms with Crippen molar-refractivity contribution >= 4 is 23.9 Å². The summed E-state index contributed by atoms with van der Waals surface area (Å²) in [5.74, 6) is -4.57. The van der Waals surface area contributed by atoms with Crippen molar-refractivity contribution in [1.29, 1.82) is 0 Å². The first-order valence-electron chi connectivity index (χ1n) is 6.08. The van der Waals surface area contributed by atoms with Gasteiger partial charge in [-0.1, -0.05) is 0 Å². The van der Waals surface area contributed by atoms with E-state index in [4.69, 9.17) is 14.9 Å². The number of hydrogen-bond acceptors (Lipinski definition) is 7. The highest BCUT2D eigenvalue weighted by Crippen LogP contribution is 2.06. The van der Waals surface area contributed by atoms with Gasteiger partial charge in [-0.25, -0.2) is 19.2 Å². The Morgan fingerprint density at radius 1 is 0.667 bits per heavy atom. The van der Waals surface area contributed by atoms with Gasteiger partial charge in [0.2, 0.25) is 0 Å².